The number of benzene rings is 1. The average molecular weight is 225 g/mol. The van der Waals surface area contributed by atoms with Gasteiger partial charge < -0.3 is 10.4 Å². The van der Waals surface area contributed by atoms with Gasteiger partial charge in [-0.2, -0.15) is 0 Å². The van der Waals surface area contributed by atoms with Gasteiger partial charge in [0.2, 0.25) is 0 Å². The van der Waals surface area contributed by atoms with E-state index in [2.05, 4.69) is 5.32 Å². The molecule has 0 spiro atoms. The second-order valence-electron chi connectivity index (χ2n) is 4.40. The largest absolute Gasteiger partial charge is 0.394 e. The zero-order chi connectivity index (χ0) is 12.2. The number of rotatable bonds is 5. The summed E-state index contributed by atoms with van der Waals surface area (Å²) in [5, 5.41) is 12.9. The van der Waals surface area contributed by atoms with E-state index < -0.39 is 5.54 Å². The molecule has 3 heteroatoms. The third-order valence-electron chi connectivity index (χ3n) is 2.84. The van der Waals surface area contributed by atoms with E-state index in [9.17, 15) is 9.50 Å². The molecule has 0 amide bonds. The maximum Gasteiger partial charge on any atom is 0.123 e. The van der Waals surface area contributed by atoms with Crippen molar-refractivity contribution in [3.8, 4) is 0 Å². The third kappa shape index (κ3) is 2.80. The van der Waals surface area contributed by atoms with Gasteiger partial charge in [-0.1, -0.05) is 19.1 Å². The van der Waals surface area contributed by atoms with Crippen LogP contribution >= 0.6 is 0 Å². The molecule has 2 nitrogen and oxygen atoms in total. The van der Waals surface area contributed by atoms with Crippen molar-refractivity contribution in [2.45, 2.75) is 38.8 Å². The van der Waals surface area contributed by atoms with Gasteiger partial charge in [-0.25, -0.2) is 4.39 Å². The first kappa shape index (κ1) is 13.1. The van der Waals surface area contributed by atoms with E-state index >= 15 is 0 Å². The Hall–Kier alpha value is -0.930. The van der Waals surface area contributed by atoms with E-state index in [1.807, 2.05) is 20.8 Å². The SMILES string of the molecule is CCC(CO)(NC(C)C)c1ccc(F)cc1. The van der Waals surface area contributed by atoms with Gasteiger partial charge in [0.05, 0.1) is 12.1 Å². The number of halogens is 1. The van der Waals surface area contributed by atoms with Crippen molar-refractivity contribution >= 4 is 0 Å². The molecule has 0 aliphatic rings. The van der Waals surface area contributed by atoms with E-state index in [1.165, 1.54) is 12.1 Å². The summed E-state index contributed by atoms with van der Waals surface area (Å²) in [5.74, 6) is -0.253. The van der Waals surface area contributed by atoms with E-state index in [1.54, 1.807) is 12.1 Å². The smallest absolute Gasteiger partial charge is 0.123 e. The standard InChI is InChI=1S/C13H20FNO/c1-4-13(9-16,15-10(2)3)11-5-7-12(14)8-6-11/h5-8,10,15-16H,4,9H2,1-3H3. The van der Waals surface area contributed by atoms with Crippen LogP contribution in [0.5, 0.6) is 0 Å². The van der Waals surface area contributed by atoms with Crippen LogP contribution in [-0.2, 0) is 5.54 Å². The lowest BCUT2D eigenvalue weighted by Gasteiger charge is -2.34. The monoisotopic (exact) mass is 225 g/mol. The Kier molecular flexibility index (Phi) is 4.44. The van der Waals surface area contributed by atoms with Crippen molar-refractivity contribution in [3.05, 3.63) is 35.6 Å². The average Bonchev–Trinajstić information content (AvgIpc) is 2.27. The molecule has 1 atom stereocenters. The summed E-state index contributed by atoms with van der Waals surface area (Å²) in [5.41, 5.74) is 0.453. The summed E-state index contributed by atoms with van der Waals surface area (Å²) in [4.78, 5) is 0. The van der Waals surface area contributed by atoms with Crippen molar-refractivity contribution in [2.24, 2.45) is 0 Å². The Morgan fingerprint density at radius 1 is 1.31 bits per heavy atom. The maximum atomic E-state index is 12.9. The van der Waals surface area contributed by atoms with Crippen LogP contribution < -0.4 is 5.32 Å². The molecule has 16 heavy (non-hydrogen) atoms. The maximum absolute atomic E-state index is 12.9. The normalized spacial score (nSPS) is 15.1. The zero-order valence-electron chi connectivity index (χ0n) is 10.1. The van der Waals surface area contributed by atoms with E-state index in [0.29, 0.717) is 0 Å². The van der Waals surface area contributed by atoms with Gasteiger partial charge in [0.15, 0.2) is 0 Å². The summed E-state index contributed by atoms with van der Waals surface area (Å²) in [7, 11) is 0. The molecule has 1 rings (SSSR count). The van der Waals surface area contributed by atoms with Gasteiger partial charge in [-0.05, 0) is 38.0 Å². The number of hydrogen-bond acceptors (Lipinski definition) is 2. The second kappa shape index (κ2) is 5.41. The molecule has 0 saturated carbocycles. The zero-order valence-corrected chi connectivity index (χ0v) is 10.1. The van der Waals surface area contributed by atoms with E-state index in [0.717, 1.165) is 12.0 Å². The predicted octanol–water partition coefficient (Wildman–Crippen LogP) is 2.42. The highest BCUT2D eigenvalue weighted by Crippen LogP contribution is 2.25. The summed E-state index contributed by atoms with van der Waals surface area (Å²) < 4.78 is 12.9. The van der Waals surface area contributed by atoms with Gasteiger partial charge >= 0.3 is 0 Å². The molecule has 0 bridgehead atoms. The molecule has 2 N–H and O–H groups in total. The first-order chi connectivity index (χ1) is 7.54. The molecule has 0 saturated heterocycles. The van der Waals surface area contributed by atoms with Gasteiger partial charge in [0, 0.05) is 6.04 Å². The summed E-state index contributed by atoms with van der Waals surface area (Å²) in [6.07, 6.45) is 0.757. The fraction of sp³-hybridized carbons (Fsp3) is 0.538. The molecule has 1 unspecified atom stereocenters. The Morgan fingerprint density at radius 2 is 1.88 bits per heavy atom. The van der Waals surface area contributed by atoms with Gasteiger partial charge in [-0.3, -0.25) is 0 Å². The van der Waals surface area contributed by atoms with E-state index in [-0.39, 0.29) is 18.5 Å². The minimum Gasteiger partial charge on any atom is -0.394 e. The van der Waals surface area contributed by atoms with Crippen LogP contribution in [0.15, 0.2) is 24.3 Å². The van der Waals surface area contributed by atoms with Gasteiger partial charge in [0.25, 0.3) is 0 Å². The lowest BCUT2D eigenvalue weighted by atomic mass is 9.87. The molecule has 0 aliphatic heterocycles. The predicted molar refractivity (Wildman–Crippen MR) is 63.7 cm³/mol. The van der Waals surface area contributed by atoms with Crippen LogP contribution in [-0.4, -0.2) is 17.8 Å². The number of hydrogen-bond donors (Lipinski definition) is 2. The van der Waals surface area contributed by atoms with E-state index in [4.69, 9.17) is 0 Å². The fourth-order valence-electron chi connectivity index (χ4n) is 1.96. The lowest BCUT2D eigenvalue weighted by molar-refractivity contribution is 0.146. The second-order valence-corrected chi connectivity index (χ2v) is 4.40. The molecule has 0 aliphatic carbocycles. The molecule has 1 aromatic carbocycles. The highest BCUT2D eigenvalue weighted by Gasteiger charge is 2.29. The molecule has 0 heterocycles. The van der Waals surface area contributed by atoms with Crippen LogP contribution in [0.2, 0.25) is 0 Å². The molecular formula is C13H20FNO. The van der Waals surface area contributed by atoms with Crippen molar-refractivity contribution in [1.82, 2.24) is 5.32 Å². The first-order valence-electron chi connectivity index (χ1n) is 5.68. The highest BCUT2D eigenvalue weighted by molar-refractivity contribution is 5.25. The summed E-state index contributed by atoms with van der Waals surface area (Å²) in [6.45, 7) is 6.08. The van der Waals surface area contributed by atoms with Gasteiger partial charge in [-0.15, -0.1) is 0 Å². The van der Waals surface area contributed by atoms with Crippen LogP contribution in [0, 0.1) is 5.82 Å². The molecular weight excluding hydrogens is 205 g/mol. The summed E-state index contributed by atoms with van der Waals surface area (Å²) in [6, 6.07) is 6.57. The first-order valence-corrected chi connectivity index (χ1v) is 5.68. The molecule has 1 aromatic rings. The Bertz CT molecular complexity index is 317. The number of aliphatic hydroxyl groups excluding tert-OH is 1. The number of aliphatic hydroxyl groups is 1. The minimum atomic E-state index is -0.470. The van der Waals surface area contributed by atoms with Gasteiger partial charge in [0.1, 0.15) is 5.82 Å². The van der Waals surface area contributed by atoms with Crippen LogP contribution in [0.3, 0.4) is 0 Å². The fourth-order valence-corrected chi connectivity index (χ4v) is 1.96. The molecule has 90 valence electrons. The molecule has 0 aromatic heterocycles. The Morgan fingerprint density at radius 3 is 2.25 bits per heavy atom. The van der Waals surface area contributed by atoms with Crippen LogP contribution in [0.4, 0.5) is 4.39 Å². The van der Waals surface area contributed by atoms with Crippen molar-refractivity contribution < 1.29 is 9.50 Å². The van der Waals surface area contributed by atoms with Crippen molar-refractivity contribution in [2.75, 3.05) is 6.61 Å². The Labute approximate surface area is 96.5 Å². The minimum absolute atomic E-state index is 0.00725. The van der Waals surface area contributed by atoms with Crippen LogP contribution in [0.1, 0.15) is 32.8 Å². The highest BCUT2D eigenvalue weighted by atomic mass is 19.1. The quantitative estimate of drug-likeness (QED) is 0.806. The topological polar surface area (TPSA) is 32.3 Å². The molecule has 0 radical (unpaired) electrons. The number of nitrogens with one attached hydrogen (secondary N) is 1. The lowest BCUT2D eigenvalue weighted by Crippen LogP contribution is -2.48. The van der Waals surface area contributed by atoms with Crippen LogP contribution in [0.25, 0.3) is 0 Å². The van der Waals surface area contributed by atoms with Crippen molar-refractivity contribution in [1.29, 1.82) is 0 Å². The summed E-state index contributed by atoms with van der Waals surface area (Å²) >= 11 is 0. The molecule has 0 fully saturated rings. The van der Waals surface area contributed by atoms with Crippen molar-refractivity contribution in [3.63, 3.8) is 0 Å². The third-order valence-corrected chi connectivity index (χ3v) is 2.84. The Balaban J connectivity index is 3.04.